The molecule has 0 aliphatic carbocycles. The molecule has 1 amide bonds. The van der Waals surface area contributed by atoms with Crippen LogP contribution in [0.4, 0.5) is 0 Å². The first-order valence-corrected chi connectivity index (χ1v) is 10.5. The minimum atomic E-state index is 0.180. The second kappa shape index (κ2) is 9.21. The number of rotatable bonds is 7. The Labute approximate surface area is 159 Å². The molecule has 6 heteroatoms. The SMILES string of the molecule is CCC1CCCCN1C(=O)CSc1nnc(CC(C)c2ccccc2)o1. The molecular weight excluding hydrogens is 346 g/mol. The number of amides is 1. The molecule has 2 atom stereocenters. The summed E-state index contributed by atoms with van der Waals surface area (Å²) in [5.41, 5.74) is 1.26. The molecule has 0 saturated carbocycles. The largest absolute Gasteiger partial charge is 0.416 e. The van der Waals surface area contributed by atoms with Gasteiger partial charge in [0.2, 0.25) is 11.8 Å². The van der Waals surface area contributed by atoms with Crippen LogP contribution < -0.4 is 0 Å². The van der Waals surface area contributed by atoms with E-state index >= 15 is 0 Å². The van der Waals surface area contributed by atoms with Crippen LogP contribution >= 0.6 is 11.8 Å². The molecule has 3 rings (SSSR count). The predicted molar refractivity (Wildman–Crippen MR) is 103 cm³/mol. The van der Waals surface area contributed by atoms with E-state index in [4.69, 9.17) is 4.42 Å². The van der Waals surface area contributed by atoms with Crippen molar-refractivity contribution in [2.24, 2.45) is 0 Å². The molecule has 2 heterocycles. The van der Waals surface area contributed by atoms with Gasteiger partial charge < -0.3 is 9.32 Å². The fourth-order valence-electron chi connectivity index (χ4n) is 3.50. The van der Waals surface area contributed by atoms with Crippen molar-refractivity contribution in [3.8, 4) is 0 Å². The van der Waals surface area contributed by atoms with Gasteiger partial charge in [-0.3, -0.25) is 4.79 Å². The zero-order chi connectivity index (χ0) is 18.4. The first-order chi connectivity index (χ1) is 12.7. The summed E-state index contributed by atoms with van der Waals surface area (Å²) in [4.78, 5) is 14.6. The third-order valence-electron chi connectivity index (χ3n) is 5.04. The average Bonchev–Trinajstić information content (AvgIpc) is 3.14. The van der Waals surface area contributed by atoms with E-state index in [9.17, 15) is 4.79 Å². The molecule has 5 nitrogen and oxygen atoms in total. The van der Waals surface area contributed by atoms with E-state index in [0.717, 1.165) is 25.8 Å². The van der Waals surface area contributed by atoms with Crippen molar-refractivity contribution in [3.05, 3.63) is 41.8 Å². The van der Waals surface area contributed by atoms with Gasteiger partial charge >= 0.3 is 0 Å². The summed E-state index contributed by atoms with van der Waals surface area (Å²) in [6.45, 7) is 5.18. The third kappa shape index (κ3) is 4.87. The van der Waals surface area contributed by atoms with Gasteiger partial charge in [0.05, 0.1) is 5.75 Å². The van der Waals surface area contributed by atoms with Crippen molar-refractivity contribution in [2.45, 2.75) is 63.1 Å². The van der Waals surface area contributed by atoms with Crippen LogP contribution in [0.5, 0.6) is 0 Å². The van der Waals surface area contributed by atoms with Gasteiger partial charge in [0.25, 0.3) is 5.22 Å². The molecule has 1 aliphatic heterocycles. The maximum absolute atomic E-state index is 12.5. The van der Waals surface area contributed by atoms with Crippen molar-refractivity contribution >= 4 is 17.7 Å². The second-order valence-corrected chi connectivity index (χ2v) is 7.84. The highest BCUT2D eigenvalue weighted by Crippen LogP contribution is 2.24. The first-order valence-electron chi connectivity index (χ1n) is 9.47. The van der Waals surface area contributed by atoms with E-state index in [-0.39, 0.29) is 5.91 Å². The summed E-state index contributed by atoms with van der Waals surface area (Å²) in [5, 5.41) is 8.72. The summed E-state index contributed by atoms with van der Waals surface area (Å²) < 4.78 is 5.74. The summed E-state index contributed by atoms with van der Waals surface area (Å²) in [5.74, 6) is 1.49. The Kier molecular flexibility index (Phi) is 6.72. The molecule has 0 radical (unpaired) electrons. The highest BCUT2D eigenvalue weighted by molar-refractivity contribution is 7.99. The van der Waals surface area contributed by atoms with Gasteiger partial charge in [-0.15, -0.1) is 10.2 Å². The molecule has 2 aromatic rings. The molecule has 0 bridgehead atoms. The highest BCUT2D eigenvalue weighted by atomic mass is 32.2. The summed E-state index contributed by atoms with van der Waals surface area (Å²) >= 11 is 1.35. The Morgan fingerprint density at radius 3 is 2.88 bits per heavy atom. The number of piperidine rings is 1. The van der Waals surface area contributed by atoms with Gasteiger partial charge in [0, 0.05) is 19.0 Å². The third-order valence-corrected chi connectivity index (χ3v) is 5.84. The van der Waals surface area contributed by atoms with Crippen LogP contribution in [0.15, 0.2) is 40.0 Å². The second-order valence-electron chi connectivity index (χ2n) is 6.91. The fraction of sp³-hybridized carbons (Fsp3) is 0.550. The molecule has 0 N–H and O–H groups in total. The van der Waals surface area contributed by atoms with Crippen molar-refractivity contribution in [2.75, 3.05) is 12.3 Å². The van der Waals surface area contributed by atoms with Gasteiger partial charge in [-0.2, -0.15) is 0 Å². The van der Waals surface area contributed by atoms with Gasteiger partial charge in [0.1, 0.15) is 0 Å². The number of hydrogen-bond acceptors (Lipinski definition) is 5. The number of carbonyl (C=O) groups excluding carboxylic acids is 1. The average molecular weight is 374 g/mol. The van der Waals surface area contributed by atoms with Crippen molar-refractivity contribution in [1.82, 2.24) is 15.1 Å². The Bertz CT molecular complexity index is 704. The van der Waals surface area contributed by atoms with E-state index in [1.165, 1.54) is 23.7 Å². The molecule has 26 heavy (non-hydrogen) atoms. The first kappa shape index (κ1) is 19.0. The van der Waals surface area contributed by atoms with Crippen LogP contribution in [-0.2, 0) is 11.2 Å². The molecule has 2 unspecified atom stereocenters. The predicted octanol–water partition coefficient (Wildman–Crippen LogP) is 4.30. The number of nitrogens with zero attached hydrogens (tertiary/aromatic N) is 3. The van der Waals surface area contributed by atoms with Gasteiger partial charge in [-0.1, -0.05) is 55.9 Å². The lowest BCUT2D eigenvalue weighted by atomic mass is 9.98. The molecule has 1 aromatic heterocycles. The highest BCUT2D eigenvalue weighted by Gasteiger charge is 2.25. The zero-order valence-electron chi connectivity index (χ0n) is 15.6. The Hall–Kier alpha value is -1.82. The smallest absolute Gasteiger partial charge is 0.277 e. The fourth-order valence-corrected chi connectivity index (χ4v) is 4.17. The summed E-state index contributed by atoms with van der Waals surface area (Å²) in [6, 6.07) is 10.7. The Balaban J connectivity index is 1.51. The molecule has 1 saturated heterocycles. The van der Waals surface area contributed by atoms with E-state index in [1.807, 2.05) is 23.1 Å². The maximum Gasteiger partial charge on any atom is 0.277 e. The molecule has 1 aliphatic rings. The maximum atomic E-state index is 12.5. The summed E-state index contributed by atoms with van der Waals surface area (Å²) in [6.07, 6.45) is 5.18. The van der Waals surface area contributed by atoms with Crippen molar-refractivity contribution in [1.29, 1.82) is 0 Å². The molecule has 1 aromatic carbocycles. The zero-order valence-corrected chi connectivity index (χ0v) is 16.4. The van der Waals surface area contributed by atoms with Crippen LogP contribution in [0, 0.1) is 0 Å². The quantitative estimate of drug-likeness (QED) is 0.677. The van der Waals surface area contributed by atoms with E-state index < -0.39 is 0 Å². The van der Waals surface area contributed by atoms with E-state index in [1.54, 1.807) is 0 Å². The topological polar surface area (TPSA) is 59.2 Å². The van der Waals surface area contributed by atoms with Gasteiger partial charge in [-0.25, -0.2) is 0 Å². The van der Waals surface area contributed by atoms with Crippen LogP contribution in [0.2, 0.25) is 0 Å². The number of hydrogen-bond donors (Lipinski definition) is 0. The minimum absolute atomic E-state index is 0.180. The van der Waals surface area contributed by atoms with Gasteiger partial charge in [-0.05, 0) is 37.2 Å². The normalized spacial score (nSPS) is 18.7. The van der Waals surface area contributed by atoms with E-state index in [0.29, 0.717) is 35.2 Å². The van der Waals surface area contributed by atoms with Gasteiger partial charge in [0.15, 0.2) is 0 Å². The number of carbonyl (C=O) groups is 1. The minimum Gasteiger partial charge on any atom is -0.416 e. The number of likely N-dealkylation sites (tertiary alicyclic amines) is 1. The van der Waals surface area contributed by atoms with Crippen molar-refractivity contribution in [3.63, 3.8) is 0 Å². The standard InChI is InChI=1S/C20H27N3O2S/c1-3-17-11-7-8-12-23(17)19(24)14-26-20-22-21-18(25-20)13-15(2)16-9-5-4-6-10-16/h4-6,9-10,15,17H,3,7-8,11-14H2,1-2H3. The number of benzene rings is 1. The molecule has 1 fully saturated rings. The Morgan fingerprint density at radius 2 is 2.12 bits per heavy atom. The lowest BCUT2D eigenvalue weighted by molar-refractivity contribution is -0.132. The lowest BCUT2D eigenvalue weighted by Crippen LogP contribution is -2.44. The number of thioether (sulfide) groups is 1. The molecule has 140 valence electrons. The number of aromatic nitrogens is 2. The van der Waals surface area contributed by atoms with E-state index in [2.05, 4.69) is 36.2 Å². The van der Waals surface area contributed by atoms with Crippen LogP contribution in [0.3, 0.4) is 0 Å². The summed E-state index contributed by atoms with van der Waals surface area (Å²) in [7, 11) is 0. The van der Waals surface area contributed by atoms with Crippen LogP contribution in [0.25, 0.3) is 0 Å². The lowest BCUT2D eigenvalue weighted by Gasteiger charge is -2.35. The van der Waals surface area contributed by atoms with Crippen LogP contribution in [0.1, 0.15) is 56.9 Å². The molecular formula is C20H27N3O2S. The van der Waals surface area contributed by atoms with Crippen LogP contribution in [-0.4, -0.2) is 39.3 Å². The Morgan fingerprint density at radius 1 is 1.31 bits per heavy atom. The van der Waals surface area contributed by atoms with Crippen molar-refractivity contribution < 1.29 is 9.21 Å². The monoisotopic (exact) mass is 373 g/mol. The molecule has 0 spiro atoms.